The lowest BCUT2D eigenvalue weighted by atomic mass is 10.1. The van der Waals surface area contributed by atoms with Gasteiger partial charge in [-0.2, -0.15) is 0 Å². The highest BCUT2D eigenvalue weighted by atomic mass is 16.6. The predicted molar refractivity (Wildman–Crippen MR) is 85.4 cm³/mol. The maximum absolute atomic E-state index is 12.7. The van der Waals surface area contributed by atoms with Crippen LogP contribution in [0, 0.1) is 10.1 Å². The molecule has 25 heavy (non-hydrogen) atoms. The van der Waals surface area contributed by atoms with Crippen LogP contribution in [-0.4, -0.2) is 65.1 Å². The molecule has 0 aliphatic carbocycles. The van der Waals surface area contributed by atoms with E-state index in [1.807, 2.05) is 0 Å². The summed E-state index contributed by atoms with van der Waals surface area (Å²) in [5, 5.41) is 11.0. The molecular formula is C15H18N4O6. The number of nitro groups is 1. The number of ether oxygens (including phenoxy) is 2. The number of fused-ring (bicyclic) bond motifs is 1. The molecule has 3 heterocycles. The van der Waals surface area contributed by atoms with Gasteiger partial charge >= 0.3 is 5.82 Å². The first kappa shape index (κ1) is 17.1. The minimum absolute atomic E-state index is 0.0138. The fraction of sp³-hybridized carbons (Fsp3) is 0.533. The standard InChI is InChI=1S/C15H18N4O6/c1-15(2)14(21)18(9-12(20)17-5-7-24-8-6-17)13-10(25-15)3-4-11(16-13)19(22)23/h3-4H,5-9H2,1-2H3. The SMILES string of the molecule is CC1(C)Oc2ccc([N+](=O)[O-])nc2N(CC(=O)N2CCOCC2)C1=O. The summed E-state index contributed by atoms with van der Waals surface area (Å²) in [4.78, 5) is 42.2. The van der Waals surface area contributed by atoms with Gasteiger partial charge in [0.1, 0.15) is 6.54 Å². The van der Waals surface area contributed by atoms with Crippen LogP contribution < -0.4 is 9.64 Å². The molecule has 0 spiro atoms. The predicted octanol–water partition coefficient (Wildman–Crippen LogP) is 0.353. The van der Waals surface area contributed by atoms with E-state index in [9.17, 15) is 19.7 Å². The number of amides is 2. The molecule has 1 saturated heterocycles. The molecule has 1 fully saturated rings. The molecule has 2 amide bonds. The second kappa shape index (κ2) is 6.28. The van der Waals surface area contributed by atoms with Crippen molar-refractivity contribution in [2.45, 2.75) is 19.4 Å². The molecule has 10 heteroatoms. The fourth-order valence-electron chi connectivity index (χ4n) is 2.73. The van der Waals surface area contributed by atoms with Crippen molar-refractivity contribution in [2.75, 3.05) is 37.7 Å². The number of aromatic nitrogens is 1. The van der Waals surface area contributed by atoms with Gasteiger partial charge in [-0.25, -0.2) is 0 Å². The van der Waals surface area contributed by atoms with Gasteiger partial charge in [-0.15, -0.1) is 0 Å². The normalized spacial score (nSPS) is 19.2. The summed E-state index contributed by atoms with van der Waals surface area (Å²) >= 11 is 0. The van der Waals surface area contributed by atoms with Gasteiger partial charge in [0, 0.05) is 19.2 Å². The lowest BCUT2D eigenvalue weighted by Gasteiger charge is -2.36. The number of hydrogen-bond donors (Lipinski definition) is 0. The highest BCUT2D eigenvalue weighted by Crippen LogP contribution is 2.37. The number of nitrogens with zero attached hydrogens (tertiary/aromatic N) is 4. The van der Waals surface area contributed by atoms with Gasteiger partial charge < -0.3 is 24.5 Å². The molecule has 0 N–H and O–H groups in total. The lowest BCUT2D eigenvalue weighted by molar-refractivity contribution is -0.389. The van der Waals surface area contributed by atoms with Gasteiger partial charge in [0.15, 0.2) is 11.4 Å². The van der Waals surface area contributed by atoms with E-state index in [0.29, 0.717) is 26.3 Å². The van der Waals surface area contributed by atoms with Crippen molar-refractivity contribution in [2.24, 2.45) is 0 Å². The van der Waals surface area contributed by atoms with E-state index in [1.54, 1.807) is 18.7 Å². The number of morpholine rings is 1. The van der Waals surface area contributed by atoms with Gasteiger partial charge in [-0.3, -0.25) is 14.5 Å². The molecule has 0 unspecified atom stereocenters. The zero-order chi connectivity index (χ0) is 18.2. The number of anilines is 1. The molecule has 134 valence electrons. The van der Waals surface area contributed by atoms with E-state index in [1.165, 1.54) is 12.1 Å². The lowest BCUT2D eigenvalue weighted by Crippen LogP contribution is -2.56. The Hall–Kier alpha value is -2.75. The Morgan fingerprint density at radius 2 is 2.04 bits per heavy atom. The first-order valence-corrected chi connectivity index (χ1v) is 7.81. The first-order valence-electron chi connectivity index (χ1n) is 7.81. The molecule has 1 aromatic heterocycles. The van der Waals surface area contributed by atoms with Crippen LogP contribution in [0.5, 0.6) is 5.75 Å². The van der Waals surface area contributed by atoms with Crippen molar-refractivity contribution >= 4 is 23.5 Å². The summed E-state index contributed by atoms with van der Waals surface area (Å²) in [6.07, 6.45) is 0. The van der Waals surface area contributed by atoms with E-state index >= 15 is 0 Å². The summed E-state index contributed by atoms with van der Waals surface area (Å²) in [5.74, 6) is -0.952. The zero-order valence-electron chi connectivity index (χ0n) is 13.9. The molecular weight excluding hydrogens is 332 g/mol. The van der Waals surface area contributed by atoms with Crippen molar-refractivity contribution in [1.82, 2.24) is 9.88 Å². The molecule has 0 aromatic carbocycles. The number of carbonyl (C=O) groups excluding carboxylic acids is 2. The third-order valence-electron chi connectivity index (χ3n) is 4.05. The summed E-state index contributed by atoms with van der Waals surface area (Å²) in [6.45, 7) is 4.65. The number of hydrogen-bond acceptors (Lipinski definition) is 7. The van der Waals surface area contributed by atoms with Crippen LogP contribution in [0.1, 0.15) is 13.8 Å². The monoisotopic (exact) mass is 350 g/mol. The third kappa shape index (κ3) is 3.25. The Morgan fingerprint density at radius 1 is 1.36 bits per heavy atom. The fourth-order valence-corrected chi connectivity index (χ4v) is 2.73. The highest BCUT2D eigenvalue weighted by Gasteiger charge is 2.45. The van der Waals surface area contributed by atoms with Crippen molar-refractivity contribution < 1.29 is 24.0 Å². The topological polar surface area (TPSA) is 115 Å². The molecule has 3 rings (SSSR count). The van der Waals surface area contributed by atoms with Gasteiger partial charge in [0.2, 0.25) is 5.91 Å². The van der Waals surface area contributed by atoms with Gasteiger partial charge in [-0.05, 0) is 29.8 Å². The maximum Gasteiger partial charge on any atom is 0.366 e. The Labute approximate surface area is 143 Å². The number of carbonyl (C=O) groups is 2. The molecule has 10 nitrogen and oxygen atoms in total. The molecule has 0 radical (unpaired) electrons. The molecule has 1 aromatic rings. The highest BCUT2D eigenvalue weighted by molar-refractivity contribution is 6.05. The van der Waals surface area contributed by atoms with Crippen LogP contribution >= 0.6 is 0 Å². The average Bonchev–Trinajstić information content (AvgIpc) is 2.59. The van der Waals surface area contributed by atoms with Crippen LogP contribution in [0.15, 0.2) is 12.1 Å². The molecule has 2 aliphatic heterocycles. The Bertz CT molecular complexity index is 729. The second-order valence-electron chi connectivity index (χ2n) is 6.25. The van der Waals surface area contributed by atoms with Crippen molar-refractivity contribution in [3.05, 3.63) is 22.2 Å². The minimum Gasteiger partial charge on any atom is -0.472 e. The smallest absolute Gasteiger partial charge is 0.366 e. The third-order valence-corrected chi connectivity index (χ3v) is 4.05. The molecule has 2 aliphatic rings. The summed E-state index contributed by atoms with van der Waals surface area (Å²) in [7, 11) is 0. The van der Waals surface area contributed by atoms with E-state index in [0.717, 1.165) is 4.90 Å². The van der Waals surface area contributed by atoms with Crippen LogP contribution in [0.2, 0.25) is 0 Å². The summed E-state index contributed by atoms with van der Waals surface area (Å²) in [5.41, 5.74) is -1.20. The Morgan fingerprint density at radius 3 is 2.68 bits per heavy atom. The van der Waals surface area contributed by atoms with Crippen LogP contribution in [0.4, 0.5) is 11.6 Å². The molecule has 0 atom stereocenters. The van der Waals surface area contributed by atoms with Crippen LogP contribution in [-0.2, 0) is 14.3 Å². The number of rotatable bonds is 3. The van der Waals surface area contributed by atoms with Crippen molar-refractivity contribution in [3.8, 4) is 5.75 Å². The summed E-state index contributed by atoms with van der Waals surface area (Å²) in [6, 6.07) is 2.59. The van der Waals surface area contributed by atoms with Gasteiger partial charge in [0.05, 0.1) is 13.2 Å². The second-order valence-corrected chi connectivity index (χ2v) is 6.25. The van der Waals surface area contributed by atoms with E-state index in [4.69, 9.17) is 9.47 Å². The van der Waals surface area contributed by atoms with E-state index in [2.05, 4.69) is 4.98 Å². The van der Waals surface area contributed by atoms with E-state index < -0.39 is 22.2 Å². The molecule has 0 saturated carbocycles. The van der Waals surface area contributed by atoms with Crippen molar-refractivity contribution in [1.29, 1.82) is 0 Å². The zero-order valence-corrected chi connectivity index (χ0v) is 13.9. The summed E-state index contributed by atoms with van der Waals surface area (Å²) < 4.78 is 10.8. The number of pyridine rings is 1. The maximum atomic E-state index is 12.7. The largest absolute Gasteiger partial charge is 0.472 e. The minimum atomic E-state index is -1.20. The average molecular weight is 350 g/mol. The van der Waals surface area contributed by atoms with Gasteiger partial charge in [0.25, 0.3) is 11.7 Å². The van der Waals surface area contributed by atoms with Crippen LogP contribution in [0.3, 0.4) is 0 Å². The molecule has 0 bridgehead atoms. The quantitative estimate of drug-likeness (QED) is 0.570. The van der Waals surface area contributed by atoms with Crippen molar-refractivity contribution in [3.63, 3.8) is 0 Å². The first-order chi connectivity index (χ1) is 11.8. The Kier molecular flexibility index (Phi) is 4.29. The van der Waals surface area contributed by atoms with Gasteiger partial charge in [-0.1, -0.05) is 0 Å². The van der Waals surface area contributed by atoms with E-state index in [-0.39, 0.29) is 24.0 Å². The van der Waals surface area contributed by atoms with Crippen LogP contribution in [0.25, 0.3) is 0 Å². The Balaban J connectivity index is 1.93.